The van der Waals surface area contributed by atoms with Gasteiger partial charge in [-0.3, -0.25) is 0 Å². The van der Waals surface area contributed by atoms with Crippen molar-refractivity contribution in [1.29, 1.82) is 0 Å². The summed E-state index contributed by atoms with van der Waals surface area (Å²) in [5, 5.41) is 0. The summed E-state index contributed by atoms with van der Waals surface area (Å²) >= 11 is 0. The summed E-state index contributed by atoms with van der Waals surface area (Å²) in [6.07, 6.45) is 3.82. The Balaban J connectivity index is 1.93. The van der Waals surface area contributed by atoms with Crippen molar-refractivity contribution >= 4 is 28.9 Å². The van der Waals surface area contributed by atoms with Gasteiger partial charge in [-0.1, -0.05) is 35.9 Å². The Bertz CT molecular complexity index is 739. The molecule has 0 spiro atoms. The topological polar surface area (TPSA) is 52.0 Å². The van der Waals surface area contributed by atoms with Gasteiger partial charge in [0.05, 0.1) is 5.69 Å². The van der Waals surface area contributed by atoms with Crippen molar-refractivity contribution in [1.82, 2.24) is 4.98 Å². The molecule has 0 amide bonds. The first-order valence-corrected chi connectivity index (χ1v) is 6.12. The van der Waals surface area contributed by atoms with Crippen molar-refractivity contribution in [3.8, 4) is 0 Å². The second-order valence-corrected chi connectivity index (χ2v) is 4.49. The minimum Gasteiger partial charge on any atom is -0.437 e. The van der Waals surface area contributed by atoms with E-state index in [0.29, 0.717) is 22.7 Å². The smallest absolute Gasteiger partial charge is 0.220 e. The number of rotatable bonds is 2. The second kappa shape index (κ2) is 4.61. The van der Waals surface area contributed by atoms with Crippen LogP contribution in [0, 0.1) is 6.92 Å². The summed E-state index contributed by atoms with van der Waals surface area (Å²) in [5.74, 6) is 0.563. The SMILES string of the molecule is Cc1ccc(/C=C/c2nc3c(N)cccc3o2)cc1. The molecule has 0 atom stereocenters. The number of oxazole rings is 1. The van der Waals surface area contributed by atoms with Crippen LogP contribution in [0.15, 0.2) is 46.9 Å². The number of para-hydroxylation sites is 1. The van der Waals surface area contributed by atoms with Gasteiger partial charge in [-0.15, -0.1) is 0 Å². The highest BCUT2D eigenvalue weighted by molar-refractivity contribution is 5.86. The zero-order valence-corrected chi connectivity index (χ0v) is 10.6. The van der Waals surface area contributed by atoms with Crippen molar-refractivity contribution in [2.45, 2.75) is 6.92 Å². The van der Waals surface area contributed by atoms with Gasteiger partial charge in [0, 0.05) is 6.08 Å². The Morgan fingerprint density at radius 2 is 1.84 bits per heavy atom. The lowest BCUT2D eigenvalue weighted by Crippen LogP contribution is -1.84. The molecule has 0 fully saturated rings. The summed E-state index contributed by atoms with van der Waals surface area (Å²) in [7, 11) is 0. The number of fused-ring (bicyclic) bond motifs is 1. The molecule has 0 aliphatic rings. The number of nitrogens with zero attached hydrogens (tertiary/aromatic N) is 1. The molecule has 94 valence electrons. The first-order chi connectivity index (χ1) is 9.22. The van der Waals surface area contributed by atoms with Gasteiger partial charge in [-0.05, 0) is 30.7 Å². The summed E-state index contributed by atoms with van der Waals surface area (Å²) in [6, 6.07) is 13.8. The molecule has 2 aromatic carbocycles. The number of hydrogen-bond acceptors (Lipinski definition) is 3. The van der Waals surface area contributed by atoms with E-state index in [-0.39, 0.29) is 0 Å². The Kier molecular flexibility index (Phi) is 2.80. The zero-order chi connectivity index (χ0) is 13.2. The molecule has 0 bridgehead atoms. The monoisotopic (exact) mass is 250 g/mol. The minimum absolute atomic E-state index is 0.563. The van der Waals surface area contributed by atoms with E-state index < -0.39 is 0 Å². The largest absolute Gasteiger partial charge is 0.437 e. The van der Waals surface area contributed by atoms with Gasteiger partial charge in [0.25, 0.3) is 0 Å². The highest BCUT2D eigenvalue weighted by Crippen LogP contribution is 2.22. The third kappa shape index (κ3) is 2.36. The molecule has 3 aromatic rings. The number of hydrogen-bond donors (Lipinski definition) is 1. The van der Waals surface area contributed by atoms with E-state index in [9.17, 15) is 0 Å². The molecule has 3 rings (SSSR count). The van der Waals surface area contributed by atoms with Crippen molar-refractivity contribution in [2.24, 2.45) is 0 Å². The molecule has 0 aliphatic heterocycles. The van der Waals surface area contributed by atoms with Crippen LogP contribution in [0.5, 0.6) is 0 Å². The van der Waals surface area contributed by atoms with E-state index in [1.54, 1.807) is 0 Å². The lowest BCUT2D eigenvalue weighted by Gasteiger charge is -1.93. The molecule has 3 heteroatoms. The zero-order valence-electron chi connectivity index (χ0n) is 10.6. The quantitative estimate of drug-likeness (QED) is 0.702. The first-order valence-electron chi connectivity index (χ1n) is 6.12. The fraction of sp³-hybridized carbons (Fsp3) is 0.0625. The van der Waals surface area contributed by atoms with E-state index >= 15 is 0 Å². The standard InChI is InChI=1S/C16H14N2O/c1-11-5-7-12(8-6-11)9-10-15-18-16-13(17)3-2-4-14(16)19-15/h2-10H,17H2,1H3/b10-9+. The van der Waals surface area contributed by atoms with Crippen LogP contribution in [0.2, 0.25) is 0 Å². The Morgan fingerprint density at radius 3 is 2.58 bits per heavy atom. The number of nitrogens with two attached hydrogens (primary N) is 1. The maximum atomic E-state index is 5.85. The maximum absolute atomic E-state index is 5.85. The molecule has 2 N–H and O–H groups in total. The Labute approximate surface area is 111 Å². The van der Waals surface area contributed by atoms with Gasteiger partial charge in [0.1, 0.15) is 5.52 Å². The predicted octanol–water partition coefficient (Wildman–Crippen LogP) is 3.89. The third-order valence-electron chi connectivity index (χ3n) is 2.96. The molecule has 0 radical (unpaired) electrons. The van der Waals surface area contributed by atoms with Crippen LogP contribution in [-0.2, 0) is 0 Å². The molecular weight excluding hydrogens is 236 g/mol. The average Bonchev–Trinajstić information content (AvgIpc) is 2.83. The van der Waals surface area contributed by atoms with Crippen molar-refractivity contribution < 1.29 is 4.42 Å². The highest BCUT2D eigenvalue weighted by atomic mass is 16.3. The van der Waals surface area contributed by atoms with Crippen LogP contribution < -0.4 is 5.73 Å². The first kappa shape index (κ1) is 11.5. The fourth-order valence-corrected chi connectivity index (χ4v) is 1.90. The van der Waals surface area contributed by atoms with Crippen LogP contribution in [0.4, 0.5) is 5.69 Å². The highest BCUT2D eigenvalue weighted by Gasteiger charge is 2.05. The normalized spacial score (nSPS) is 11.4. The van der Waals surface area contributed by atoms with Gasteiger partial charge in [0.15, 0.2) is 5.58 Å². The lowest BCUT2D eigenvalue weighted by molar-refractivity contribution is 0.590. The molecule has 0 saturated heterocycles. The second-order valence-electron chi connectivity index (χ2n) is 4.49. The maximum Gasteiger partial charge on any atom is 0.220 e. The van der Waals surface area contributed by atoms with Crippen LogP contribution in [0.3, 0.4) is 0 Å². The van der Waals surface area contributed by atoms with Crippen molar-refractivity contribution in [3.05, 3.63) is 59.5 Å². The third-order valence-corrected chi connectivity index (χ3v) is 2.96. The molecule has 3 nitrogen and oxygen atoms in total. The van der Waals surface area contributed by atoms with Crippen LogP contribution in [0.25, 0.3) is 23.3 Å². The minimum atomic E-state index is 0.563. The van der Waals surface area contributed by atoms with E-state index in [4.69, 9.17) is 10.2 Å². The van der Waals surface area contributed by atoms with Crippen LogP contribution in [-0.4, -0.2) is 4.98 Å². The lowest BCUT2D eigenvalue weighted by atomic mass is 10.1. The summed E-state index contributed by atoms with van der Waals surface area (Å²) in [4.78, 5) is 4.37. The molecule has 0 aliphatic carbocycles. The number of benzene rings is 2. The van der Waals surface area contributed by atoms with E-state index in [0.717, 1.165) is 5.56 Å². The molecule has 1 heterocycles. The van der Waals surface area contributed by atoms with Crippen LogP contribution >= 0.6 is 0 Å². The van der Waals surface area contributed by atoms with Crippen molar-refractivity contribution in [3.63, 3.8) is 0 Å². The molecule has 19 heavy (non-hydrogen) atoms. The van der Waals surface area contributed by atoms with Crippen molar-refractivity contribution in [2.75, 3.05) is 5.73 Å². The van der Waals surface area contributed by atoms with Gasteiger partial charge >= 0.3 is 0 Å². The van der Waals surface area contributed by atoms with E-state index in [1.165, 1.54) is 5.56 Å². The Hall–Kier alpha value is -2.55. The number of aromatic nitrogens is 1. The summed E-state index contributed by atoms with van der Waals surface area (Å²) in [6.45, 7) is 2.07. The summed E-state index contributed by atoms with van der Waals surface area (Å²) < 4.78 is 5.62. The molecule has 0 saturated carbocycles. The van der Waals surface area contributed by atoms with Gasteiger partial charge in [-0.2, -0.15) is 0 Å². The number of aryl methyl sites for hydroxylation is 1. The summed E-state index contributed by atoms with van der Waals surface area (Å²) in [5.41, 5.74) is 10.3. The molecule has 0 unspecified atom stereocenters. The van der Waals surface area contributed by atoms with Gasteiger partial charge in [0.2, 0.25) is 5.89 Å². The molecular formula is C16H14N2O. The molecule has 1 aromatic heterocycles. The number of nitrogen functional groups attached to an aromatic ring is 1. The van der Waals surface area contributed by atoms with Gasteiger partial charge < -0.3 is 10.2 Å². The van der Waals surface area contributed by atoms with Gasteiger partial charge in [-0.25, -0.2) is 4.98 Å². The predicted molar refractivity (Wildman–Crippen MR) is 78.5 cm³/mol. The Morgan fingerprint density at radius 1 is 1.05 bits per heavy atom. The van der Waals surface area contributed by atoms with E-state index in [1.807, 2.05) is 30.4 Å². The van der Waals surface area contributed by atoms with Crippen LogP contribution in [0.1, 0.15) is 17.0 Å². The number of anilines is 1. The fourth-order valence-electron chi connectivity index (χ4n) is 1.90. The average molecular weight is 250 g/mol. The van der Waals surface area contributed by atoms with E-state index in [2.05, 4.69) is 36.2 Å².